The van der Waals surface area contributed by atoms with Gasteiger partial charge in [-0.2, -0.15) is 0 Å². The zero-order chi connectivity index (χ0) is 17.1. The zero-order valence-corrected chi connectivity index (χ0v) is 14.2. The molecule has 1 aromatic heterocycles. The number of nitro benzene ring substituents is 1. The van der Waals surface area contributed by atoms with Gasteiger partial charge in [-0.15, -0.1) is 11.3 Å². The van der Waals surface area contributed by atoms with Gasteiger partial charge in [0.25, 0.3) is 11.6 Å². The zero-order valence-electron chi connectivity index (χ0n) is 13.3. The van der Waals surface area contributed by atoms with Crippen molar-refractivity contribution in [3.63, 3.8) is 0 Å². The average molecular weight is 346 g/mol. The molecule has 0 saturated carbocycles. The molecule has 2 aromatic rings. The predicted molar refractivity (Wildman–Crippen MR) is 91.1 cm³/mol. The number of amides is 1. The Bertz CT molecular complexity index is 753. The highest BCUT2D eigenvalue weighted by molar-refractivity contribution is 7.09. The number of rotatable bonds is 4. The predicted octanol–water partition coefficient (Wildman–Crippen LogP) is 2.32. The van der Waals surface area contributed by atoms with Crippen LogP contribution in [0.1, 0.15) is 21.1 Å². The van der Waals surface area contributed by atoms with E-state index in [0.717, 1.165) is 30.3 Å². The van der Waals surface area contributed by atoms with Crippen LogP contribution >= 0.6 is 11.3 Å². The van der Waals surface area contributed by atoms with Gasteiger partial charge in [0.05, 0.1) is 11.5 Å². The SMILES string of the molecule is Cc1csc(CN2CCN(C(=O)c3cccc([N+](=O)[O-])c3)CC2)n1. The first kappa shape index (κ1) is 16.5. The summed E-state index contributed by atoms with van der Waals surface area (Å²) in [5, 5.41) is 14.0. The molecule has 1 amide bonds. The lowest BCUT2D eigenvalue weighted by Crippen LogP contribution is -2.48. The number of aromatic nitrogens is 1. The Morgan fingerprint density at radius 3 is 2.71 bits per heavy atom. The molecule has 7 nitrogen and oxygen atoms in total. The highest BCUT2D eigenvalue weighted by atomic mass is 32.1. The second kappa shape index (κ2) is 7.06. The lowest BCUT2D eigenvalue weighted by molar-refractivity contribution is -0.384. The molecule has 24 heavy (non-hydrogen) atoms. The summed E-state index contributed by atoms with van der Waals surface area (Å²) in [7, 11) is 0. The molecule has 0 aliphatic carbocycles. The van der Waals surface area contributed by atoms with Crippen LogP contribution in [0.25, 0.3) is 0 Å². The first-order valence-electron chi connectivity index (χ1n) is 7.70. The summed E-state index contributed by atoms with van der Waals surface area (Å²) in [5.41, 5.74) is 1.35. The molecule has 0 spiro atoms. The Morgan fingerprint density at radius 2 is 2.08 bits per heavy atom. The van der Waals surface area contributed by atoms with E-state index in [0.29, 0.717) is 18.7 Å². The molecular weight excluding hydrogens is 328 g/mol. The van der Waals surface area contributed by atoms with Crippen LogP contribution in [-0.4, -0.2) is 51.8 Å². The molecular formula is C16H18N4O3S. The van der Waals surface area contributed by atoms with Crippen molar-refractivity contribution in [2.24, 2.45) is 0 Å². The number of non-ortho nitro benzene ring substituents is 1. The maximum atomic E-state index is 12.5. The average Bonchev–Trinajstić information content (AvgIpc) is 3.00. The van der Waals surface area contributed by atoms with E-state index in [2.05, 4.69) is 9.88 Å². The van der Waals surface area contributed by atoms with E-state index in [-0.39, 0.29) is 11.6 Å². The number of nitrogens with zero attached hydrogens (tertiary/aromatic N) is 4. The minimum Gasteiger partial charge on any atom is -0.336 e. The number of carbonyl (C=O) groups excluding carboxylic acids is 1. The molecule has 3 rings (SSSR count). The van der Waals surface area contributed by atoms with Crippen LogP contribution in [0.15, 0.2) is 29.6 Å². The summed E-state index contributed by atoms with van der Waals surface area (Å²) in [6.07, 6.45) is 0. The molecule has 0 unspecified atom stereocenters. The molecule has 1 saturated heterocycles. The van der Waals surface area contributed by atoms with Crippen molar-refractivity contribution in [2.45, 2.75) is 13.5 Å². The largest absolute Gasteiger partial charge is 0.336 e. The Balaban J connectivity index is 1.59. The van der Waals surface area contributed by atoms with Crippen LogP contribution in [0.5, 0.6) is 0 Å². The fraction of sp³-hybridized carbons (Fsp3) is 0.375. The van der Waals surface area contributed by atoms with Gasteiger partial charge < -0.3 is 4.90 Å². The molecule has 126 valence electrons. The van der Waals surface area contributed by atoms with Crippen molar-refractivity contribution in [3.05, 3.63) is 56.0 Å². The maximum absolute atomic E-state index is 12.5. The lowest BCUT2D eigenvalue weighted by atomic mass is 10.1. The number of thiazole rings is 1. The number of hydrogen-bond donors (Lipinski definition) is 0. The molecule has 0 radical (unpaired) electrons. The molecule has 0 atom stereocenters. The first-order valence-corrected chi connectivity index (χ1v) is 8.58. The highest BCUT2D eigenvalue weighted by Crippen LogP contribution is 2.17. The number of nitro groups is 1. The van der Waals surface area contributed by atoms with E-state index in [1.807, 2.05) is 12.3 Å². The smallest absolute Gasteiger partial charge is 0.270 e. The van der Waals surface area contributed by atoms with E-state index < -0.39 is 4.92 Å². The van der Waals surface area contributed by atoms with Gasteiger partial charge >= 0.3 is 0 Å². The summed E-state index contributed by atoms with van der Waals surface area (Å²) in [6.45, 7) is 5.57. The lowest BCUT2D eigenvalue weighted by Gasteiger charge is -2.34. The third-order valence-electron chi connectivity index (χ3n) is 3.99. The van der Waals surface area contributed by atoms with Gasteiger partial charge in [0, 0.05) is 54.9 Å². The number of aryl methyl sites for hydroxylation is 1. The fourth-order valence-corrected chi connectivity index (χ4v) is 3.52. The number of benzene rings is 1. The van der Waals surface area contributed by atoms with Crippen molar-refractivity contribution < 1.29 is 9.72 Å². The second-order valence-corrected chi connectivity index (χ2v) is 6.70. The molecule has 8 heteroatoms. The van der Waals surface area contributed by atoms with Gasteiger partial charge in [-0.05, 0) is 13.0 Å². The minimum absolute atomic E-state index is 0.0568. The number of piperazine rings is 1. The first-order chi connectivity index (χ1) is 11.5. The highest BCUT2D eigenvalue weighted by Gasteiger charge is 2.23. The van der Waals surface area contributed by atoms with Gasteiger partial charge in [-0.25, -0.2) is 4.98 Å². The van der Waals surface area contributed by atoms with E-state index in [9.17, 15) is 14.9 Å². The van der Waals surface area contributed by atoms with Crippen LogP contribution < -0.4 is 0 Å². The molecule has 2 heterocycles. The number of hydrogen-bond acceptors (Lipinski definition) is 6. The molecule has 1 aliphatic heterocycles. The van der Waals surface area contributed by atoms with Crippen molar-refractivity contribution in [1.82, 2.24) is 14.8 Å². The summed E-state index contributed by atoms with van der Waals surface area (Å²) in [5.74, 6) is -0.150. The van der Waals surface area contributed by atoms with E-state index in [1.54, 1.807) is 28.4 Å². The Labute approximate surface area is 143 Å². The van der Waals surface area contributed by atoms with Crippen LogP contribution in [0.3, 0.4) is 0 Å². The van der Waals surface area contributed by atoms with Gasteiger partial charge in [-0.3, -0.25) is 19.8 Å². The van der Waals surface area contributed by atoms with E-state index in [1.165, 1.54) is 12.1 Å². The second-order valence-electron chi connectivity index (χ2n) is 5.76. The normalized spacial score (nSPS) is 15.5. The summed E-state index contributed by atoms with van der Waals surface area (Å²) < 4.78 is 0. The Hall–Kier alpha value is -2.32. The maximum Gasteiger partial charge on any atom is 0.270 e. The fourth-order valence-electron chi connectivity index (χ4n) is 2.71. The third kappa shape index (κ3) is 3.77. The standard InChI is InChI=1S/C16H18N4O3S/c1-12-11-24-15(17-12)10-18-5-7-19(8-6-18)16(21)13-3-2-4-14(9-13)20(22)23/h2-4,9,11H,5-8,10H2,1H3. The van der Waals surface area contributed by atoms with Gasteiger partial charge in [0.15, 0.2) is 0 Å². The third-order valence-corrected chi connectivity index (χ3v) is 4.94. The molecule has 0 bridgehead atoms. The molecule has 1 fully saturated rings. The monoisotopic (exact) mass is 346 g/mol. The number of carbonyl (C=O) groups is 1. The van der Waals surface area contributed by atoms with Crippen LogP contribution in [-0.2, 0) is 6.54 Å². The van der Waals surface area contributed by atoms with Gasteiger partial charge in [0.1, 0.15) is 5.01 Å². The van der Waals surface area contributed by atoms with Crippen LogP contribution in [0.4, 0.5) is 5.69 Å². The molecule has 1 aliphatic rings. The van der Waals surface area contributed by atoms with Crippen molar-refractivity contribution in [2.75, 3.05) is 26.2 Å². The summed E-state index contributed by atoms with van der Waals surface area (Å²) >= 11 is 1.65. The summed E-state index contributed by atoms with van der Waals surface area (Å²) in [4.78, 5) is 31.4. The van der Waals surface area contributed by atoms with Gasteiger partial charge in [-0.1, -0.05) is 6.07 Å². The summed E-state index contributed by atoms with van der Waals surface area (Å²) in [6, 6.07) is 5.91. The molecule has 0 N–H and O–H groups in total. The van der Waals surface area contributed by atoms with Crippen LogP contribution in [0, 0.1) is 17.0 Å². The van der Waals surface area contributed by atoms with E-state index in [4.69, 9.17) is 0 Å². The quantitative estimate of drug-likeness (QED) is 0.627. The Morgan fingerprint density at radius 1 is 1.33 bits per heavy atom. The van der Waals surface area contributed by atoms with Crippen molar-refractivity contribution in [1.29, 1.82) is 0 Å². The van der Waals surface area contributed by atoms with Crippen molar-refractivity contribution >= 4 is 22.9 Å². The van der Waals surface area contributed by atoms with Crippen molar-refractivity contribution in [3.8, 4) is 0 Å². The minimum atomic E-state index is -0.481. The Kier molecular flexibility index (Phi) is 4.86. The van der Waals surface area contributed by atoms with Crippen LogP contribution in [0.2, 0.25) is 0 Å². The topological polar surface area (TPSA) is 79.6 Å². The van der Waals surface area contributed by atoms with E-state index >= 15 is 0 Å². The molecule has 1 aromatic carbocycles. The van der Waals surface area contributed by atoms with Gasteiger partial charge in [0.2, 0.25) is 0 Å².